The van der Waals surface area contributed by atoms with E-state index < -0.39 is 0 Å². The first-order chi connectivity index (χ1) is 21.0. The van der Waals surface area contributed by atoms with Crippen LogP contribution >= 0.6 is 0 Å². The number of aliphatic hydroxyl groups is 2. The highest BCUT2D eigenvalue weighted by molar-refractivity contribution is 5.90. The van der Waals surface area contributed by atoms with Gasteiger partial charge in [-0.3, -0.25) is 0 Å². The van der Waals surface area contributed by atoms with Crippen molar-refractivity contribution in [3.63, 3.8) is 0 Å². The van der Waals surface area contributed by atoms with Gasteiger partial charge in [-0.05, 0) is 64.4 Å². The van der Waals surface area contributed by atoms with E-state index >= 15 is 0 Å². The second-order valence-electron chi connectivity index (χ2n) is 13.9. The van der Waals surface area contributed by atoms with Gasteiger partial charge in [-0.25, -0.2) is 4.79 Å². The van der Waals surface area contributed by atoms with Crippen LogP contribution in [-0.4, -0.2) is 58.9 Å². The summed E-state index contributed by atoms with van der Waals surface area (Å²) in [4.78, 5) is 11.6. The summed E-state index contributed by atoms with van der Waals surface area (Å²) in [6.45, 7) is 4.17. The minimum Gasteiger partial charge on any atom is -0.455 e. The van der Waals surface area contributed by atoms with Crippen molar-refractivity contribution >= 4 is 5.97 Å². The van der Waals surface area contributed by atoms with E-state index in [0.29, 0.717) is 0 Å². The van der Waals surface area contributed by atoms with Crippen LogP contribution in [0.1, 0.15) is 174 Å². The minimum atomic E-state index is -0.375. The van der Waals surface area contributed by atoms with Gasteiger partial charge in [-0.1, -0.05) is 116 Å². The molecule has 0 aromatic heterocycles. The van der Waals surface area contributed by atoms with Crippen LogP contribution in [0.5, 0.6) is 0 Å². The Morgan fingerprint density at radius 1 is 0.651 bits per heavy atom. The van der Waals surface area contributed by atoms with Crippen LogP contribution in [0.2, 0.25) is 0 Å². The number of carbonyl (C=O) groups excluding carboxylic acids is 1. The summed E-state index contributed by atoms with van der Waals surface area (Å²) in [7, 11) is 0. The Bertz CT molecular complexity index is 768. The molecule has 7 atom stereocenters. The Labute approximate surface area is 263 Å². The van der Waals surface area contributed by atoms with Crippen LogP contribution in [0.4, 0.5) is 0 Å². The summed E-state index contributed by atoms with van der Waals surface area (Å²) in [5.41, 5.74) is 0.869. The van der Waals surface area contributed by atoms with Gasteiger partial charge in [0, 0.05) is 5.57 Å². The van der Waals surface area contributed by atoms with Crippen LogP contribution in [0.15, 0.2) is 11.6 Å². The third-order valence-electron chi connectivity index (χ3n) is 9.98. The summed E-state index contributed by atoms with van der Waals surface area (Å²) < 4.78 is 17.7. The highest BCUT2D eigenvalue weighted by Crippen LogP contribution is 2.34. The van der Waals surface area contributed by atoms with Crippen molar-refractivity contribution in [2.24, 2.45) is 0 Å². The lowest BCUT2D eigenvalue weighted by Gasteiger charge is -2.24. The Kier molecular flexibility index (Phi) is 18.5. The standard InChI is InChI=1S/C37H66O6/c1-3-4-5-6-7-13-16-19-22-31(38)33-24-26-35(42-33)36-27-25-34(43-36)32(39)23-20-17-14-11-9-8-10-12-15-18-21-30-28-29(2)41-37(30)40/h28-29,31-36,38-39H,3-27H2,1-2H3/t29-,31?,32?,33?,34?,35?,36?/m0/s1. The van der Waals surface area contributed by atoms with Gasteiger partial charge in [0.05, 0.1) is 36.6 Å². The first-order valence-electron chi connectivity index (χ1n) is 18.6. The first-order valence-corrected chi connectivity index (χ1v) is 18.6. The molecule has 0 radical (unpaired) electrons. The highest BCUT2D eigenvalue weighted by atomic mass is 16.6. The van der Waals surface area contributed by atoms with E-state index in [0.717, 1.165) is 69.8 Å². The Balaban J connectivity index is 1.12. The Hall–Kier alpha value is -0.950. The number of rotatable bonds is 25. The third-order valence-corrected chi connectivity index (χ3v) is 9.98. The van der Waals surface area contributed by atoms with Gasteiger partial charge in [0.2, 0.25) is 0 Å². The molecule has 2 fully saturated rings. The van der Waals surface area contributed by atoms with Crippen LogP contribution in [0.25, 0.3) is 0 Å². The Morgan fingerprint density at radius 3 is 1.49 bits per heavy atom. The van der Waals surface area contributed by atoms with Gasteiger partial charge in [-0.15, -0.1) is 0 Å². The van der Waals surface area contributed by atoms with Crippen LogP contribution in [0, 0.1) is 0 Å². The molecule has 0 aliphatic carbocycles. The summed E-state index contributed by atoms with van der Waals surface area (Å²) >= 11 is 0. The first kappa shape index (κ1) is 36.5. The number of ether oxygens (including phenoxy) is 3. The van der Waals surface area contributed by atoms with E-state index in [1.165, 1.54) is 96.3 Å². The monoisotopic (exact) mass is 606 g/mol. The largest absolute Gasteiger partial charge is 0.455 e. The van der Waals surface area contributed by atoms with Crippen LogP contribution < -0.4 is 0 Å². The molecular weight excluding hydrogens is 540 g/mol. The van der Waals surface area contributed by atoms with Gasteiger partial charge in [0.15, 0.2) is 0 Å². The predicted molar refractivity (Wildman–Crippen MR) is 174 cm³/mol. The molecule has 43 heavy (non-hydrogen) atoms. The van der Waals surface area contributed by atoms with Crippen molar-refractivity contribution in [2.45, 2.75) is 217 Å². The molecule has 2 N–H and O–H groups in total. The maximum atomic E-state index is 11.6. The molecule has 3 rings (SSSR count). The SMILES string of the molecule is CCCCCCCCCCC(O)C1CCC(C2CCC(C(O)CCCCCCCCCCCCC3=C[C@H](C)OC3=O)O2)O1. The number of hydrogen-bond acceptors (Lipinski definition) is 6. The lowest BCUT2D eigenvalue weighted by molar-refractivity contribution is -0.139. The molecule has 0 saturated carbocycles. The molecule has 6 heteroatoms. The van der Waals surface area contributed by atoms with Crippen molar-refractivity contribution in [3.05, 3.63) is 11.6 Å². The fraction of sp³-hybridized carbons (Fsp3) is 0.919. The summed E-state index contributed by atoms with van der Waals surface area (Å²) in [5.74, 6) is -0.118. The zero-order valence-electron chi connectivity index (χ0n) is 27.8. The zero-order valence-corrected chi connectivity index (χ0v) is 27.8. The molecule has 0 amide bonds. The topological polar surface area (TPSA) is 85.2 Å². The van der Waals surface area contributed by atoms with E-state index in [1.807, 2.05) is 13.0 Å². The zero-order chi connectivity index (χ0) is 30.7. The molecule has 3 heterocycles. The van der Waals surface area contributed by atoms with Crippen molar-refractivity contribution in [2.75, 3.05) is 0 Å². The third kappa shape index (κ3) is 14.3. The molecule has 0 spiro atoms. The summed E-state index contributed by atoms with van der Waals surface area (Å²) in [6, 6.07) is 0. The number of cyclic esters (lactones) is 1. The number of aliphatic hydroxyl groups excluding tert-OH is 2. The molecule has 0 bridgehead atoms. The van der Waals surface area contributed by atoms with Gasteiger partial charge in [0.1, 0.15) is 6.10 Å². The minimum absolute atomic E-state index is 0.0466. The molecule has 2 saturated heterocycles. The highest BCUT2D eigenvalue weighted by Gasteiger charge is 2.40. The van der Waals surface area contributed by atoms with E-state index in [1.54, 1.807) is 0 Å². The van der Waals surface area contributed by atoms with E-state index in [2.05, 4.69) is 6.92 Å². The van der Waals surface area contributed by atoms with E-state index in [4.69, 9.17) is 14.2 Å². The normalized spacial score (nSPS) is 27.0. The maximum absolute atomic E-state index is 11.6. The maximum Gasteiger partial charge on any atom is 0.334 e. The lowest BCUT2D eigenvalue weighted by atomic mass is 10.0. The molecule has 3 aliphatic heterocycles. The number of hydrogen-bond donors (Lipinski definition) is 2. The predicted octanol–water partition coefficient (Wildman–Crippen LogP) is 8.89. The number of unbranched alkanes of at least 4 members (excludes halogenated alkanes) is 16. The molecule has 250 valence electrons. The quantitative estimate of drug-likeness (QED) is 0.0797. The van der Waals surface area contributed by atoms with E-state index in [-0.39, 0.29) is 48.7 Å². The summed E-state index contributed by atoms with van der Waals surface area (Å²) in [6.07, 6.45) is 29.9. The van der Waals surface area contributed by atoms with E-state index in [9.17, 15) is 15.0 Å². The van der Waals surface area contributed by atoms with Crippen LogP contribution in [0.3, 0.4) is 0 Å². The average Bonchev–Trinajstić information content (AvgIpc) is 3.75. The molecule has 6 nitrogen and oxygen atoms in total. The van der Waals surface area contributed by atoms with Gasteiger partial charge < -0.3 is 24.4 Å². The van der Waals surface area contributed by atoms with Crippen molar-refractivity contribution < 1.29 is 29.2 Å². The molecular formula is C37H66O6. The van der Waals surface area contributed by atoms with Gasteiger partial charge in [-0.2, -0.15) is 0 Å². The summed E-state index contributed by atoms with van der Waals surface area (Å²) in [5, 5.41) is 21.4. The number of esters is 1. The second kappa shape index (κ2) is 21.7. The van der Waals surface area contributed by atoms with Crippen LogP contribution in [-0.2, 0) is 19.0 Å². The Morgan fingerprint density at radius 2 is 1.07 bits per heavy atom. The fourth-order valence-corrected chi connectivity index (χ4v) is 7.25. The van der Waals surface area contributed by atoms with Gasteiger partial charge >= 0.3 is 5.97 Å². The fourth-order valence-electron chi connectivity index (χ4n) is 7.25. The van der Waals surface area contributed by atoms with Gasteiger partial charge in [0.25, 0.3) is 0 Å². The van der Waals surface area contributed by atoms with Crippen molar-refractivity contribution in [1.29, 1.82) is 0 Å². The molecule has 0 aromatic carbocycles. The molecule has 3 aliphatic rings. The number of carbonyl (C=O) groups is 1. The smallest absolute Gasteiger partial charge is 0.334 e. The lowest BCUT2D eigenvalue weighted by Crippen LogP contribution is -2.33. The molecule has 6 unspecified atom stereocenters. The molecule has 0 aromatic rings. The van der Waals surface area contributed by atoms with Crippen molar-refractivity contribution in [3.8, 4) is 0 Å². The average molecular weight is 607 g/mol. The van der Waals surface area contributed by atoms with Crippen molar-refractivity contribution in [1.82, 2.24) is 0 Å². The second-order valence-corrected chi connectivity index (χ2v) is 13.9.